The van der Waals surface area contributed by atoms with E-state index >= 15 is 0 Å². The Bertz CT molecular complexity index is 637. The third-order valence-corrected chi connectivity index (χ3v) is 4.41. The monoisotopic (exact) mass is 340 g/mol. The average molecular weight is 340 g/mol. The summed E-state index contributed by atoms with van der Waals surface area (Å²) < 4.78 is 5.58. The van der Waals surface area contributed by atoms with Crippen LogP contribution in [0.4, 0.5) is 0 Å². The van der Waals surface area contributed by atoms with E-state index in [4.69, 9.17) is 9.52 Å². The molecule has 0 saturated heterocycles. The molecule has 6 nitrogen and oxygen atoms in total. The van der Waals surface area contributed by atoms with E-state index < -0.39 is 5.97 Å². The van der Waals surface area contributed by atoms with Crippen molar-refractivity contribution in [2.75, 3.05) is 18.1 Å². The largest absolute Gasteiger partial charge is 0.481 e. The molecular weight excluding hydrogens is 324 g/mol. The quantitative estimate of drug-likeness (QED) is 0.716. The first-order chi connectivity index (χ1) is 10.6. The van der Waals surface area contributed by atoms with E-state index in [1.54, 1.807) is 18.3 Å². The second-order valence-electron chi connectivity index (χ2n) is 4.51. The number of carboxylic acid groups (broad SMARTS) is 1. The molecule has 0 aromatic carbocycles. The number of nitrogens with one attached hydrogen (secondary N) is 1. The Morgan fingerprint density at radius 2 is 2.32 bits per heavy atom. The molecule has 1 amide bonds. The zero-order valence-corrected chi connectivity index (χ0v) is 13.6. The van der Waals surface area contributed by atoms with Gasteiger partial charge in [0, 0.05) is 23.2 Å². The molecule has 2 aromatic rings. The first-order valence-corrected chi connectivity index (χ1v) is 8.71. The van der Waals surface area contributed by atoms with E-state index in [0.717, 1.165) is 5.56 Å². The highest BCUT2D eigenvalue weighted by atomic mass is 32.2. The number of thiophene rings is 1. The summed E-state index contributed by atoms with van der Waals surface area (Å²) >= 11 is 2.83. The van der Waals surface area contributed by atoms with Crippen molar-refractivity contribution in [3.8, 4) is 11.5 Å². The van der Waals surface area contributed by atoms with E-state index in [0.29, 0.717) is 29.6 Å². The highest BCUT2D eigenvalue weighted by Crippen LogP contribution is 2.23. The molecule has 0 fully saturated rings. The van der Waals surface area contributed by atoms with Crippen molar-refractivity contribution in [2.45, 2.75) is 13.3 Å². The van der Waals surface area contributed by atoms with Gasteiger partial charge in [0.05, 0.1) is 17.9 Å². The Balaban J connectivity index is 1.80. The highest BCUT2D eigenvalue weighted by molar-refractivity contribution is 7.99. The van der Waals surface area contributed by atoms with Gasteiger partial charge in [0.1, 0.15) is 5.76 Å². The zero-order valence-electron chi connectivity index (χ0n) is 12.0. The molecule has 0 aliphatic carbocycles. The van der Waals surface area contributed by atoms with Gasteiger partial charge in [0.15, 0.2) is 0 Å². The maximum absolute atomic E-state index is 11.8. The number of aryl methyl sites for hydroxylation is 1. The molecule has 0 aliphatic rings. The van der Waals surface area contributed by atoms with Crippen LogP contribution in [0.2, 0.25) is 0 Å². The molecule has 0 bridgehead atoms. The van der Waals surface area contributed by atoms with Crippen molar-refractivity contribution in [1.29, 1.82) is 0 Å². The van der Waals surface area contributed by atoms with Crippen LogP contribution in [-0.2, 0) is 16.0 Å². The minimum atomic E-state index is -0.851. The molecule has 0 saturated carbocycles. The summed E-state index contributed by atoms with van der Waals surface area (Å²) in [6.45, 7) is 2.22. The number of aromatic nitrogens is 1. The predicted octanol–water partition coefficient (Wildman–Crippen LogP) is 2.19. The van der Waals surface area contributed by atoms with Gasteiger partial charge in [-0.15, -0.1) is 11.8 Å². The van der Waals surface area contributed by atoms with Crippen molar-refractivity contribution >= 4 is 35.0 Å². The van der Waals surface area contributed by atoms with Crippen LogP contribution in [0.1, 0.15) is 11.5 Å². The Morgan fingerprint density at radius 3 is 3.00 bits per heavy atom. The number of thioether (sulfide) groups is 1. The average Bonchev–Trinajstić information content (AvgIpc) is 3.08. The highest BCUT2D eigenvalue weighted by Gasteiger charge is 2.14. The van der Waals surface area contributed by atoms with Crippen molar-refractivity contribution in [2.24, 2.45) is 0 Å². The van der Waals surface area contributed by atoms with Crippen LogP contribution in [0.5, 0.6) is 0 Å². The Labute approximate surface area is 135 Å². The van der Waals surface area contributed by atoms with E-state index in [1.165, 1.54) is 11.8 Å². The lowest BCUT2D eigenvalue weighted by atomic mass is 10.2. The maximum Gasteiger partial charge on any atom is 0.313 e. The molecule has 22 heavy (non-hydrogen) atoms. The van der Waals surface area contributed by atoms with Gasteiger partial charge in [-0.2, -0.15) is 11.3 Å². The van der Waals surface area contributed by atoms with Gasteiger partial charge in [-0.05, 0) is 18.4 Å². The minimum absolute atomic E-state index is 0.0439. The summed E-state index contributed by atoms with van der Waals surface area (Å²) in [5.41, 5.74) is 1.53. The topological polar surface area (TPSA) is 92.4 Å². The lowest BCUT2D eigenvalue weighted by molar-refractivity contribution is -0.133. The fourth-order valence-corrected chi connectivity index (χ4v) is 2.93. The van der Waals surface area contributed by atoms with E-state index in [-0.39, 0.29) is 18.1 Å². The summed E-state index contributed by atoms with van der Waals surface area (Å²) in [5.74, 6) is 0.771. The summed E-state index contributed by atoms with van der Waals surface area (Å²) in [7, 11) is 0. The van der Waals surface area contributed by atoms with Gasteiger partial charge in [0.2, 0.25) is 11.8 Å². The fraction of sp³-hybridized carbons (Fsp3) is 0.357. The lowest BCUT2D eigenvalue weighted by Gasteiger charge is -2.03. The SMILES string of the molecule is Cc1oc(-c2ccsc2)nc1CC(=O)NCCSCC(=O)O. The fourth-order valence-electron chi connectivity index (χ4n) is 1.74. The first-order valence-electron chi connectivity index (χ1n) is 6.61. The van der Waals surface area contributed by atoms with Crippen molar-refractivity contribution in [3.05, 3.63) is 28.3 Å². The minimum Gasteiger partial charge on any atom is -0.481 e. The van der Waals surface area contributed by atoms with Crippen LogP contribution in [0, 0.1) is 6.92 Å². The molecular formula is C14H16N2O4S2. The molecule has 0 aliphatic heterocycles. The van der Waals surface area contributed by atoms with E-state index in [9.17, 15) is 9.59 Å². The molecule has 0 spiro atoms. The molecule has 118 valence electrons. The number of nitrogens with zero attached hydrogens (tertiary/aromatic N) is 1. The molecule has 0 unspecified atom stereocenters. The second kappa shape index (κ2) is 8.00. The number of rotatable bonds is 8. The number of amides is 1. The Morgan fingerprint density at radius 1 is 1.50 bits per heavy atom. The summed E-state index contributed by atoms with van der Waals surface area (Å²) in [5, 5.41) is 15.1. The van der Waals surface area contributed by atoms with E-state index in [2.05, 4.69) is 10.3 Å². The van der Waals surface area contributed by atoms with Gasteiger partial charge in [-0.3, -0.25) is 9.59 Å². The number of hydrogen-bond donors (Lipinski definition) is 2. The smallest absolute Gasteiger partial charge is 0.313 e. The Kier molecular flexibility index (Phi) is 6.02. The van der Waals surface area contributed by atoms with Gasteiger partial charge in [0.25, 0.3) is 0 Å². The number of carbonyl (C=O) groups excluding carboxylic acids is 1. The summed E-state index contributed by atoms with van der Waals surface area (Å²) in [6.07, 6.45) is 0.156. The molecule has 2 heterocycles. The van der Waals surface area contributed by atoms with Crippen LogP contribution in [0.15, 0.2) is 21.2 Å². The molecule has 0 atom stereocenters. The van der Waals surface area contributed by atoms with Gasteiger partial charge >= 0.3 is 5.97 Å². The third-order valence-electron chi connectivity index (χ3n) is 2.78. The standard InChI is InChI=1S/C14H16N2O4S2/c1-9-11(16-14(20-9)10-2-4-21-7-10)6-12(17)15-3-5-22-8-13(18)19/h2,4,7H,3,5-6,8H2,1H3,(H,15,17)(H,18,19). The van der Waals surface area contributed by atoms with Crippen LogP contribution >= 0.6 is 23.1 Å². The number of carboxylic acids is 1. The summed E-state index contributed by atoms with van der Waals surface area (Å²) in [6, 6.07) is 1.92. The first kappa shape index (κ1) is 16.6. The normalized spacial score (nSPS) is 10.6. The van der Waals surface area contributed by atoms with E-state index in [1.807, 2.05) is 16.8 Å². The molecule has 0 radical (unpaired) electrons. The molecule has 2 aromatic heterocycles. The van der Waals surface area contributed by atoms with Gasteiger partial charge < -0.3 is 14.8 Å². The van der Waals surface area contributed by atoms with Crippen molar-refractivity contribution in [1.82, 2.24) is 10.3 Å². The van der Waals surface area contributed by atoms with Crippen LogP contribution < -0.4 is 5.32 Å². The zero-order chi connectivity index (χ0) is 15.9. The molecule has 2 rings (SSSR count). The van der Waals surface area contributed by atoms with Crippen LogP contribution in [0.3, 0.4) is 0 Å². The van der Waals surface area contributed by atoms with Crippen LogP contribution in [-0.4, -0.2) is 40.0 Å². The van der Waals surface area contributed by atoms with Gasteiger partial charge in [-0.25, -0.2) is 4.98 Å². The number of hydrogen-bond acceptors (Lipinski definition) is 6. The summed E-state index contributed by atoms with van der Waals surface area (Å²) in [4.78, 5) is 26.5. The number of oxazole rings is 1. The molecule has 8 heteroatoms. The number of carbonyl (C=O) groups is 2. The van der Waals surface area contributed by atoms with Crippen molar-refractivity contribution in [3.63, 3.8) is 0 Å². The predicted molar refractivity (Wildman–Crippen MR) is 86.2 cm³/mol. The van der Waals surface area contributed by atoms with Crippen molar-refractivity contribution < 1.29 is 19.1 Å². The Hall–Kier alpha value is -1.80. The lowest BCUT2D eigenvalue weighted by Crippen LogP contribution is -2.27. The number of aliphatic carboxylic acids is 1. The maximum atomic E-state index is 11.8. The molecule has 2 N–H and O–H groups in total. The third kappa shape index (κ3) is 4.88. The van der Waals surface area contributed by atoms with Crippen LogP contribution in [0.25, 0.3) is 11.5 Å². The van der Waals surface area contributed by atoms with Gasteiger partial charge in [-0.1, -0.05) is 0 Å². The second-order valence-corrected chi connectivity index (χ2v) is 6.39.